The monoisotopic (exact) mass is 384 g/mol. The van der Waals surface area contributed by atoms with Gasteiger partial charge in [-0.2, -0.15) is 4.57 Å². The van der Waals surface area contributed by atoms with Crippen molar-refractivity contribution < 1.29 is 23.6 Å². The van der Waals surface area contributed by atoms with Gasteiger partial charge in [-0.25, -0.2) is 0 Å². The second kappa shape index (κ2) is 9.09. The van der Waals surface area contributed by atoms with E-state index >= 15 is 0 Å². The molecule has 1 heterocycles. The van der Waals surface area contributed by atoms with Gasteiger partial charge in [-0.05, 0) is 43.0 Å². The first kappa shape index (κ1) is 20.2. The minimum Gasteiger partial charge on any atom is -0.493 e. The number of aryl methyl sites for hydroxylation is 1. The lowest BCUT2D eigenvalue weighted by Gasteiger charge is -2.09. The van der Waals surface area contributed by atoms with E-state index in [4.69, 9.17) is 14.2 Å². The summed E-state index contributed by atoms with van der Waals surface area (Å²) >= 11 is 0. The Morgan fingerprint density at radius 2 is 1.75 bits per heavy atom. The summed E-state index contributed by atoms with van der Waals surface area (Å²) < 4.78 is 18.2. The average Bonchev–Trinajstić information content (AvgIpc) is 3.02. The highest BCUT2D eigenvalue weighted by Gasteiger charge is 2.31. The third kappa shape index (κ3) is 4.13. The molecular formula is C23H30NO4+. The predicted molar refractivity (Wildman–Crippen MR) is 107 cm³/mol. The number of benzene rings is 1. The van der Waals surface area contributed by atoms with Gasteiger partial charge in [0.1, 0.15) is 7.05 Å². The molecule has 5 nitrogen and oxygen atoms in total. The molecule has 1 aliphatic carbocycles. The maximum atomic E-state index is 12.8. The SMILES string of the molecule is COc1cc2c(cc1OC)C(=O)C(CCCCCc1cccc(OC)[n+]1C)C2. The molecule has 5 heteroatoms. The van der Waals surface area contributed by atoms with Gasteiger partial charge >= 0.3 is 5.88 Å². The van der Waals surface area contributed by atoms with Crippen LogP contribution in [0.3, 0.4) is 0 Å². The van der Waals surface area contributed by atoms with Crippen molar-refractivity contribution in [3.8, 4) is 17.4 Å². The Morgan fingerprint density at radius 1 is 1.00 bits per heavy atom. The number of ketones is 1. The number of nitrogens with zero attached hydrogens (tertiary/aromatic N) is 1. The molecule has 1 aliphatic rings. The summed E-state index contributed by atoms with van der Waals surface area (Å²) in [5.41, 5.74) is 3.14. The number of hydrogen-bond acceptors (Lipinski definition) is 4. The highest BCUT2D eigenvalue weighted by atomic mass is 16.5. The molecule has 2 aromatic rings. The number of rotatable bonds is 9. The molecule has 3 rings (SSSR count). The van der Waals surface area contributed by atoms with E-state index in [1.807, 2.05) is 31.3 Å². The van der Waals surface area contributed by atoms with E-state index in [1.54, 1.807) is 21.3 Å². The van der Waals surface area contributed by atoms with Crippen LogP contribution in [0.5, 0.6) is 17.4 Å². The third-order valence-corrected chi connectivity index (χ3v) is 5.70. The molecular weight excluding hydrogens is 354 g/mol. The quantitative estimate of drug-likeness (QED) is 0.489. The minimum atomic E-state index is 0.0831. The molecule has 28 heavy (non-hydrogen) atoms. The highest BCUT2D eigenvalue weighted by molar-refractivity contribution is 6.02. The first-order chi connectivity index (χ1) is 13.6. The zero-order valence-electron chi connectivity index (χ0n) is 17.3. The number of pyridine rings is 1. The summed E-state index contributed by atoms with van der Waals surface area (Å²) in [7, 11) is 6.95. The van der Waals surface area contributed by atoms with E-state index in [0.29, 0.717) is 11.5 Å². The highest BCUT2D eigenvalue weighted by Crippen LogP contribution is 2.38. The van der Waals surface area contributed by atoms with Gasteiger partial charge in [0.2, 0.25) is 0 Å². The number of aromatic nitrogens is 1. The van der Waals surface area contributed by atoms with Gasteiger partial charge in [-0.1, -0.05) is 12.8 Å². The van der Waals surface area contributed by atoms with Crippen LogP contribution >= 0.6 is 0 Å². The van der Waals surface area contributed by atoms with Crippen molar-refractivity contribution in [3.63, 3.8) is 0 Å². The van der Waals surface area contributed by atoms with Gasteiger partial charge in [0.05, 0.1) is 27.4 Å². The Morgan fingerprint density at radius 3 is 2.46 bits per heavy atom. The van der Waals surface area contributed by atoms with Crippen molar-refractivity contribution in [2.24, 2.45) is 13.0 Å². The van der Waals surface area contributed by atoms with Gasteiger partial charge < -0.3 is 14.2 Å². The third-order valence-electron chi connectivity index (χ3n) is 5.70. The summed E-state index contributed by atoms with van der Waals surface area (Å²) in [5, 5.41) is 0. The van der Waals surface area contributed by atoms with Crippen LogP contribution in [0.15, 0.2) is 30.3 Å². The number of hydrogen-bond donors (Lipinski definition) is 0. The minimum absolute atomic E-state index is 0.0831. The standard InChI is InChI=1S/C23H30NO4/c1-24-18(11-8-12-22(24)28-4)10-7-5-6-9-16-13-17-14-20(26-2)21(27-3)15-19(17)23(16)25/h8,11-12,14-16H,5-7,9-10,13H2,1-4H3/q+1. The van der Waals surface area contributed by atoms with Crippen molar-refractivity contribution in [2.45, 2.75) is 38.5 Å². The molecule has 0 radical (unpaired) electrons. The molecule has 0 fully saturated rings. The van der Waals surface area contributed by atoms with Crippen LogP contribution in [0.1, 0.15) is 47.3 Å². The molecule has 0 bridgehead atoms. The predicted octanol–water partition coefficient (Wildman–Crippen LogP) is 3.70. The van der Waals surface area contributed by atoms with E-state index < -0.39 is 0 Å². The van der Waals surface area contributed by atoms with Crippen LogP contribution in [0, 0.1) is 5.92 Å². The van der Waals surface area contributed by atoms with Gasteiger partial charge in [0, 0.05) is 24.0 Å². The maximum absolute atomic E-state index is 12.8. The molecule has 0 aliphatic heterocycles. The number of fused-ring (bicyclic) bond motifs is 1. The lowest BCUT2D eigenvalue weighted by Crippen LogP contribution is -2.35. The number of carbonyl (C=O) groups excluding carboxylic acids is 1. The Kier molecular flexibility index (Phi) is 6.55. The fourth-order valence-corrected chi connectivity index (χ4v) is 4.07. The van der Waals surface area contributed by atoms with Gasteiger partial charge in [0.25, 0.3) is 0 Å². The zero-order valence-corrected chi connectivity index (χ0v) is 17.3. The van der Waals surface area contributed by atoms with Crippen molar-refractivity contribution in [1.29, 1.82) is 0 Å². The number of unbranched alkanes of at least 4 members (excludes halogenated alkanes) is 2. The first-order valence-electron chi connectivity index (χ1n) is 9.90. The summed E-state index contributed by atoms with van der Waals surface area (Å²) in [6.07, 6.45) is 6.04. The molecule has 1 atom stereocenters. The molecule has 0 N–H and O–H groups in total. The van der Waals surface area contributed by atoms with Crippen molar-refractivity contribution in [2.75, 3.05) is 21.3 Å². The van der Waals surface area contributed by atoms with E-state index in [0.717, 1.165) is 55.5 Å². The van der Waals surface area contributed by atoms with E-state index in [1.165, 1.54) is 5.69 Å². The normalized spacial score (nSPS) is 15.4. The summed E-state index contributed by atoms with van der Waals surface area (Å²) in [6, 6.07) is 9.93. The number of methoxy groups -OCH3 is 3. The average molecular weight is 384 g/mol. The van der Waals surface area contributed by atoms with Crippen LogP contribution in [-0.2, 0) is 19.9 Å². The topological polar surface area (TPSA) is 48.6 Å². The number of carbonyl (C=O) groups is 1. The lowest BCUT2D eigenvalue weighted by atomic mass is 9.97. The second-order valence-corrected chi connectivity index (χ2v) is 7.35. The van der Waals surface area contributed by atoms with Crippen LogP contribution < -0.4 is 18.8 Å². The fraction of sp³-hybridized carbons (Fsp3) is 0.478. The maximum Gasteiger partial charge on any atom is 0.367 e. The van der Waals surface area contributed by atoms with Crippen LogP contribution in [0.2, 0.25) is 0 Å². The Bertz CT molecular complexity index is 847. The number of Topliss-reactive ketones (excluding diaryl/α,β-unsaturated/α-hetero) is 1. The second-order valence-electron chi connectivity index (χ2n) is 7.35. The molecule has 0 spiro atoms. The molecule has 0 saturated heterocycles. The van der Waals surface area contributed by atoms with Crippen LogP contribution in [-0.4, -0.2) is 27.1 Å². The summed E-state index contributed by atoms with van der Waals surface area (Å²) in [5.74, 6) is 2.52. The fourth-order valence-electron chi connectivity index (χ4n) is 4.07. The molecule has 0 amide bonds. The molecule has 1 aromatic heterocycles. The Labute approximate surface area is 167 Å². The summed E-state index contributed by atoms with van der Waals surface area (Å²) in [4.78, 5) is 12.8. The van der Waals surface area contributed by atoms with E-state index in [-0.39, 0.29) is 11.7 Å². The van der Waals surface area contributed by atoms with Crippen LogP contribution in [0.25, 0.3) is 0 Å². The van der Waals surface area contributed by atoms with Crippen molar-refractivity contribution in [3.05, 3.63) is 47.2 Å². The van der Waals surface area contributed by atoms with E-state index in [9.17, 15) is 4.79 Å². The van der Waals surface area contributed by atoms with Crippen LogP contribution in [0.4, 0.5) is 0 Å². The largest absolute Gasteiger partial charge is 0.493 e. The molecule has 1 aromatic carbocycles. The van der Waals surface area contributed by atoms with Crippen molar-refractivity contribution >= 4 is 5.78 Å². The van der Waals surface area contributed by atoms with Gasteiger partial charge in [0.15, 0.2) is 23.0 Å². The molecule has 0 saturated carbocycles. The Balaban J connectivity index is 1.50. The number of ether oxygens (including phenoxy) is 3. The first-order valence-corrected chi connectivity index (χ1v) is 9.90. The van der Waals surface area contributed by atoms with Crippen molar-refractivity contribution in [1.82, 2.24) is 0 Å². The van der Waals surface area contributed by atoms with E-state index in [2.05, 4.69) is 10.6 Å². The zero-order chi connectivity index (χ0) is 20.1. The molecule has 1 unspecified atom stereocenters. The Hall–Kier alpha value is -2.56. The van der Waals surface area contributed by atoms with Gasteiger partial charge in [-0.3, -0.25) is 4.79 Å². The van der Waals surface area contributed by atoms with Gasteiger partial charge in [-0.15, -0.1) is 0 Å². The summed E-state index contributed by atoms with van der Waals surface area (Å²) in [6.45, 7) is 0. The molecule has 150 valence electrons. The lowest BCUT2D eigenvalue weighted by molar-refractivity contribution is -0.684. The smallest absolute Gasteiger partial charge is 0.367 e.